The topological polar surface area (TPSA) is 54.3 Å². The molecule has 2 N–H and O–H groups in total. The van der Waals surface area contributed by atoms with E-state index < -0.39 is 0 Å². The maximum Gasteiger partial charge on any atom is 0.255 e. The van der Waals surface area contributed by atoms with E-state index in [-0.39, 0.29) is 5.91 Å². The van der Waals surface area contributed by atoms with Crippen molar-refractivity contribution >= 4 is 5.91 Å². The zero-order valence-electron chi connectivity index (χ0n) is 11.2. The Kier molecular flexibility index (Phi) is 3.87. The molecule has 4 nitrogen and oxygen atoms in total. The minimum absolute atomic E-state index is 0.0405. The van der Waals surface area contributed by atoms with Gasteiger partial charge in [0.25, 0.3) is 5.91 Å². The van der Waals surface area contributed by atoms with E-state index in [9.17, 15) is 4.79 Å². The Morgan fingerprint density at radius 3 is 2.72 bits per heavy atom. The molecule has 2 heterocycles. The number of carbonyl (C=O) groups is 1. The maximum atomic E-state index is 12.1. The second-order valence-electron chi connectivity index (χ2n) is 4.71. The molecule has 1 aliphatic rings. The van der Waals surface area contributed by atoms with Gasteiger partial charge in [0, 0.05) is 18.7 Å². The minimum atomic E-state index is -0.0405. The van der Waals surface area contributed by atoms with Crippen LogP contribution in [0, 0.1) is 20.8 Å². The zero-order valence-corrected chi connectivity index (χ0v) is 11.2. The van der Waals surface area contributed by atoms with Crippen LogP contribution in [0.4, 0.5) is 0 Å². The van der Waals surface area contributed by atoms with E-state index in [2.05, 4.69) is 16.7 Å². The van der Waals surface area contributed by atoms with Gasteiger partial charge in [-0.15, -0.1) is 0 Å². The number of furan rings is 1. The van der Waals surface area contributed by atoms with Crippen LogP contribution in [-0.4, -0.2) is 25.5 Å². The van der Waals surface area contributed by atoms with Crippen LogP contribution in [0.5, 0.6) is 0 Å². The van der Waals surface area contributed by atoms with Crippen LogP contribution < -0.4 is 10.6 Å². The molecule has 0 aromatic carbocycles. The van der Waals surface area contributed by atoms with Gasteiger partial charge < -0.3 is 15.1 Å². The first-order valence-electron chi connectivity index (χ1n) is 6.33. The van der Waals surface area contributed by atoms with Crippen molar-refractivity contribution < 1.29 is 9.21 Å². The predicted octanol–water partition coefficient (Wildman–Crippen LogP) is 1.85. The first kappa shape index (κ1) is 12.9. The van der Waals surface area contributed by atoms with Crippen molar-refractivity contribution in [2.45, 2.75) is 27.2 Å². The van der Waals surface area contributed by atoms with Crippen molar-refractivity contribution in [2.75, 3.05) is 19.6 Å². The van der Waals surface area contributed by atoms with Crippen molar-refractivity contribution in [1.29, 1.82) is 0 Å². The third kappa shape index (κ3) is 2.64. The average molecular weight is 248 g/mol. The summed E-state index contributed by atoms with van der Waals surface area (Å²) in [4.78, 5) is 12.1. The predicted molar refractivity (Wildman–Crippen MR) is 70.8 cm³/mol. The van der Waals surface area contributed by atoms with Crippen molar-refractivity contribution in [3.8, 4) is 0 Å². The van der Waals surface area contributed by atoms with Crippen molar-refractivity contribution in [2.24, 2.45) is 0 Å². The lowest BCUT2D eigenvalue weighted by molar-refractivity contribution is 0.0954. The number of nitrogens with one attached hydrogen (secondary N) is 2. The van der Waals surface area contributed by atoms with E-state index in [0.29, 0.717) is 17.9 Å². The second-order valence-corrected chi connectivity index (χ2v) is 4.71. The summed E-state index contributed by atoms with van der Waals surface area (Å²) in [6, 6.07) is 0. The quantitative estimate of drug-likeness (QED) is 0.803. The fraction of sp³-hybridized carbons (Fsp3) is 0.500. The summed E-state index contributed by atoms with van der Waals surface area (Å²) in [5.74, 6) is 1.47. The largest absolute Gasteiger partial charge is 0.466 e. The minimum Gasteiger partial charge on any atom is -0.466 e. The third-order valence-electron chi connectivity index (χ3n) is 3.42. The highest BCUT2D eigenvalue weighted by atomic mass is 16.3. The van der Waals surface area contributed by atoms with E-state index >= 15 is 0 Å². The Hall–Kier alpha value is -1.55. The summed E-state index contributed by atoms with van der Waals surface area (Å²) >= 11 is 0. The highest BCUT2D eigenvalue weighted by Gasteiger charge is 2.18. The van der Waals surface area contributed by atoms with Gasteiger partial charge in [-0.05, 0) is 33.7 Å². The van der Waals surface area contributed by atoms with Gasteiger partial charge in [0.15, 0.2) is 0 Å². The molecule has 4 heteroatoms. The molecule has 0 saturated heterocycles. The Morgan fingerprint density at radius 2 is 2.17 bits per heavy atom. The second kappa shape index (κ2) is 5.40. The molecule has 1 aromatic rings. The van der Waals surface area contributed by atoms with Gasteiger partial charge >= 0.3 is 0 Å². The molecule has 0 aliphatic carbocycles. The molecule has 1 amide bonds. The molecule has 18 heavy (non-hydrogen) atoms. The molecule has 0 atom stereocenters. The monoisotopic (exact) mass is 248 g/mol. The zero-order chi connectivity index (χ0) is 13.1. The van der Waals surface area contributed by atoms with Crippen molar-refractivity contribution in [3.05, 3.63) is 34.3 Å². The Morgan fingerprint density at radius 1 is 1.39 bits per heavy atom. The van der Waals surface area contributed by atoms with Crippen LogP contribution in [0.1, 0.15) is 33.9 Å². The molecule has 0 bridgehead atoms. The molecule has 0 unspecified atom stereocenters. The van der Waals surface area contributed by atoms with Crippen LogP contribution in [0.25, 0.3) is 0 Å². The van der Waals surface area contributed by atoms with Gasteiger partial charge in [-0.1, -0.05) is 11.6 Å². The van der Waals surface area contributed by atoms with Crippen LogP contribution in [0.3, 0.4) is 0 Å². The highest BCUT2D eigenvalue weighted by Crippen LogP contribution is 2.20. The van der Waals surface area contributed by atoms with Crippen molar-refractivity contribution in [1.82, 2.24) is 10.6 Å². The summed E-state index contributed by atoms with van der Waals surface area (Å²) in [5.41, 5.74) is 2.91. The average Bonchev–Trinajstić information content (AvgIpc) is 2.62. The fourth-order valence-corrected chi connectivity index (χ4v) is 2.24. The first-order chi connectivity index (χ1) is 8.59. The summed E-state index contributed by atoms with van der Waals surface area (Å²) < 4.78 is 5.47. The van der Waals surface area contributed by atoms with E-state index in [1.54, 1.807) is 0 Å². The lowest BCUT2D eigenvalue weighted by atomic mass is 10.1. The first-order valence-corrected chi connectivity index (χ1v) is 6.33. The van der Waals surface area contributed by atoms with Gasteiger partial charge in [0.05, 0.1) is 5.56 Å². The van der Waals surface area contributed by atoms with Gasteiger partial charge in [-0.2, -0.15) is 0 Å². The van der Waals surface area contributed by atoms with Gasteiger partial charge in [-0.25, -0.2) is 0 Å². The van der Waals surface area contributed by atoms with Gasteiger partial charge in [0.1, 0.15) is 11.5 Å². The van der Waals surface area contributed by atoms with E-state index in [1.165, 1.54) is 5.57 Å². The maximum absolute atomic E-state index is 12.1. The number of amides is 1. The molecule has 2 rings (SSSR count). The Labute approximate surface area is 107 Å². The molecule has 1 aromatic heterocycles. The lowest BCUT2D eigenvalue weighted by Crippen LogP contribution is -2.30. The summed E-state index contributed by atoms with van der Waals surface area (Å²) in [6.45, 7) is 8.15. The Balaban J connectivity index is 2.01. The van der Waals surface area contributed by atoms with Crippen molar-refractivity contribution in [3.63, 3.8) is 0 Å². The number of rotatable bonds is 3. The number of carbonyl (C=O) groups excluding carboxylic acids is 1. The van der Waals surface area contributed by atoms with Gasteiger partial charge in [-0.3, -0.25) is 4.79 Å². The summed E-state index contributed by atoms with van der Waals surface area (Å²) in [6.07, 6.45) is 3.15. The molecule has 0 spiro atoms. The molecule has 1 aliphatic heterocycles. The SMILES string of the molecule is Cc1oc(C)c(C(=O)NCC2=CCNCC2)c1C. The van der Waals surface area contributed by atoms with Crippen LogP contribution in [0.2, 0.25) is 0 Å². The smallest absolute Gasteiger partial charge is 0.255 e. The van der Waals surface area contributed by atoms with Gasteiger partial charge in [0.2, 0.25) is 0 Å². The van der Waals surface area contributed by atoms with Crippen LogP contribution >= 0.6 is 0 Å². The lowest BCUT2D eigenvalue weighted by Gasteiger charge is -2.14. The van der Waals surface area contributed by atoms with Crippen LogP contribution in [-0.2, 0) is 0 Å². The molecular formula is C14H20N2O2. The molecule has 0 fully saturated rings. The Bertz CT molecular complexity index is 486. The summed E-state index contributed by atoms with van der Waals surface area (Å²) in [7, 11) is 0. The highest BCUT2D eigenvalue weighted by molar-refractivity contribution is 5.96. The number of hydrogen-bond acceptors (Lipinski definition) is 3. The standard InChI is InChI=1S/C14H20N2O2/c1-9-10(2)18-11(3)13(9)14(17)16-8-12-4-6-15-7-5-12/h4,15H,5-8H2,1-3H3,(H,16,17). The van der Waals surface area contributed by atoms with E-state index in [4.69, 9.17) is 4.42 Å². The number of aryl methyl sites for hydroxylation is 2. The van der Waals surface area contributed by atoms with Crippen LogP contribution in [0.15, 0.2) is 16.1 Å². The normalized spacial score (nSPS) is 15.4. The molecule has 0 radical (unpaired) electrons. The van der Waals surface area contributed by atoms with E-state index in [0.717, 1.165) is 30.8 Å². The fourth-order valence-electron chi connectivity index (χ4n) is 2.24. The van der Waals surface area contributed by atoms with E-state index in [1.807, 2.05) is 20.8 Å². The molecular weight excluding hydrogens is 228 g/mol. The third-order valence-corrected chi connectivity index (χ3v) is 3.42. The number of hydrogen-bond donors (Lipinski definition) is 2. The molecule has 98 valence electrons. The summed E-state index contributed by atoms with van der Waals surface area (Å²) in [5, 5.41) is 6.22. The molecule has 0 saturated carbocycles.